The van der Waals surface area contributed by atoms with Gasteiger partial charge in [0.05, 0.1) is 20.1 Å². The van der Waals surface area contributed by atoms with Crippen molar-refractivity contribution in [1.82, 2.24) is 9.88 Å². The van der Waals surface area contributed by atoms with E-state index < -0.39 is 0 Å². The maximum atomic E-state index is 10.9. The van der Waals surface area contributed by atoms with Crippen LogP contribution in [0.1, 0.15) is 17.1 Å². The highest BCUT2D eigenvalue weighted by atomic mass is 32.1. The molecule has 0 amide bonds. The van der Waals surface area contributed by atoms with E-state index in [1.54, 1.807) is 11.3 Å². The molecule has 5 heteroatoms. The topological polar surface area (TPSA) is 42.4 Å². The highest BCUT2D eigenvalue weighted by molar-refractivity contribution is 7.09. The first-order chi connectivity index (χ1) is 7.11. The molecule has 0 saturated heterocycles. The van der Waals surface area contributed by atoms with Crippen molar-refractivity contribution in [2.24, 2.45) is 0 Å². The molecule has 1 aromatic heterocycles. The number of hydrogen-bond acceptors (Lipinski definition) is 5. The van der Waals surface area contributed by atoms with E-state index in [0.29, 0.717) is 13.0 Å². The van der Waals surface area contributed by atoms with Gasteiger partial charge in [0.2, 0.25) is 0 Å². The van der Waals surface area contributed by atoms with E-state index in [9.17, 15) is 4.79 Å². The molecule has 0 N–H and O–H groups in total. The fraction of sp³-hybridized carbons (Fsp3) is 0.600. The third-order valence-electron chi connectivity index (χ3n) is 2.00. The highest BCUT2D eigenvalue weighted by Gasteiger charge is 2.06. The second kappa shape index (κ2) is 5.82. The van der Waals surface area contributed by atoms with Gasteiger partial charge in [0.25, 0.3) is 0 Å². The van der Waals surface area contributed by atoms with Crippen LogP contribution in [-0.4, -0.2) is 36.6 Å². The summed E-state index contributed by atoms with van der Waals surface area (Å²) in [6, 6.07) is 0. The van der Waals surface area contributed by atoms with Gasteiger partial charge in [-0.3, -0.25) is 9.69 Å². The van der Waals surface area contributed by atoms with Gasteiger partial charge in [-0.1, -0.05) is 0 Å². The minimum atomic E-state index is -0.169. The summed E-state index contributed by atoms with van der Waals surface area (Å²) in [7, 11) is 3.38. The van der Waals surface area contributed by atoms with Crippen molar-refractivity contribution < 1.29 is 9.53 Å². The molecule has 0 aliphatic carbocycles. The van der Waals surface area contributed by atoms with Crippen molar-refractivity contribution in [2.75, 3.05) is 20.7 Å². The predicted molar refractivity (Wildman–Crippen MR) is 59.8 cm³/mol. The van der Waals surface area contributed by atoms with E-state index in [0.717, 1.165) is 17.2 Å². The second-order valence-corrected chi connectivity index (χ2v) is 4.39. The number of rotatable bonds is 5. The standard InChI is InChI=1S/C10H16N2O2S/c1-8-7-15-9(11-8)6-12(2)5-4-10(13)14-3/h7H,4-6H2,1-3H3. The molecule has 0 fully saturated rings. The van der Waals surface area contributed by atoms with Gasteiger partial charge < -0.3 is 4.74 Å². The fourth-order valence-electron chi connectivity index (χ4n) is 1.17. The number of carbonyl (C=O) groups excluding carboxylic acids is 1. The van der Waals surface area contributed by atoms with Crippen LogP contribution in [0.3, 0.4) is 0 Å². The molecular formula is C10H16N2O2S. The first kappa shape index (κ1) is 12.1. The van der Waals surface area contributed by atoms with Crippen LogP contribution in [-0.2, 0) is 16.1 Å². The highest BCUT2D eigenvalue weighted by Crippen LogP contribution is 2.10. The zero-order valence-corrected chi connectivity index (χ0v) is 10.1. The zero-order chi connectivity index (χ0) is 11.3. The second-order valence-electron chi connectivity index (χ2n) is 3.45. The van der Waals surface area contributed by atoms with E-state index in [2.05, 4.69) is 14.6 Å². The molecule has 0 radical (unpaired) electrons. The molecule has 0 unspecified atom stereocenters. The minimum Gasteiger partial charge on any atom is -0.469 e. The van der Waals surface area contributed by atoms with Crippen molar-refractivity contribution in [3.8, 4) is 0 Å². The van der Waals surface area contributed by atoms with Crippen molar-refractivity contribution >= 4 is 17.3 Å². The lowest BCUT2D eigenvalue weighted by atomic mass is 10.4. The molecule has 0 aliphatic rings. The van der Waals surface area contributed by atoms with Gasteiger partial charge >= 0.3 is 5.97 Å². The van der Waals surface area contributed by atoms with Gasteiger partial charge in [-0.25, -0.2) is 4.98 Å². The Morgan fingerprint density at radius 2 is 2.40 bits per heavy atom. The van der Waals surface area contributed by atoms with Crippen molar-refractivity contribution in [1.29, 1.82) is 0 Å². The van der Waals surface area contributed by atoms with E-state index in [1.165, 1.54) is 7.11 Å². The van der Waals surface area contributed by atoms with Gasteiger partial charge in [-0.15, -0.1) is 11.3 Å². The molecule has 1 heterocycles. The molecule has 1 rings (SSSR count). The Labute approximate surface area is 93.9 Å². The SMILES string of the molecule is COC(=O)CCN(C)Cc1nc(C)cs1. The van der Waals surface area contributed by atoms with Crippen molar-refractivity contribution in [3.05, 3.63) is 16.1 Å². The Kier molecular flexibility index (Phi) is 4.71. The summed E-state index contributed by atoms with van der Waals surface area (Å²) in [5.74, 6) is -0.169. The average Bonchev–Trinajstić information content (AvgIpc) is 2.60. The summed E-state index contributed by atoms with van der Waals surface area (Å²) in [5.41, 5.74) is 1.05. The van der Waals surface area contributed by atoms with Gasteiger partial charge in [0.1, 0.15) is 5.01 Å². The molecule has 1 aromatic rings. The number of carbonyl (C=O) groups is 1. The van der Waals surface area contributed by atoms with Crippen LogP contribution in [0.5, 0.6) is 0 Å². The lowest BCUT2D eigenvalue weighted by Gasteiger charge is -2.13. The Hall–Kier alpha value is -0.940. The quantitative estimate of drug-likeness (QED) is 0.715. The third kappa shape index (κ3) is 4.40. The summed E-state index contributed by atoms with van der Waals surface area (Å²) in [5, 5.41) is 3.11. The van der Waals surface area contributed by atoms with Crippen molar-refractivity contribution in [2.45, 2.75) is 19.9 Å². The van der Waals surface area contributed by atoms with E-state index in [-0.39, 0.29) is 5.97 Å². The number of esters is 1. The van der Waals surface area contributed by atoms with Crippen LogP contribution in [0.25, 0.3) is 0 Å². The summed E-state index contributed by atoms with van der Waals surface area (Å²) in [6.07, 6.45) is 0.428. The first-order valence-corrected chi connectivity index (χ1v) is 5.66. The lowest BCUT2D eigenvalue weighted by Crippen LogP contribution is -2.21. The summed E-state index contributed by atoms with van der Waals surface area (Å²) in [4.78, 5) is 17.3. The maximum Gasteiger partial charge on any atom is 0.306 e. The molecule has 4 nitrogen and oxygen atoms in total. The number of nitrogens with zero attached hydrogens (tertiary/aromatic N) is 2. The van der Waals surface area contributed by atoms with Crippen LogP contribution in [0.15, 0.2) is 5.38 Å². The Bertz CT molecular complexity index is 325. The van der Waals surface area contributed by atoms with Gasteiger partial charge in [0.15, 0.2) is 0 Å². The van der Waals surface area contributed by atoms with Crippen LogP contribution >= 0.6 is 11.3 Å². The molecule has 0 atom stereocenters. The minimum absolute atomic E-state index is 0.169. The average molecular weight is 228 g/mol. The summed E-state index contributed by atoms with van der Waals surface area (Å²) in [6.45, 7) is 3.47. The number of ether oxygens (including phenoxy) is 1. The maximum absolute atomic E-state index is 10.9. The molecular weight excluding hydrogens is 212 g/mol. The number of aromatic nitrogens is 1. The molecule has 0 spiro atoms. The third-order valence-corrected chi connectivity index (χ3v) is 2.95. The van der Waals surface area contributed by atoms with E-state index in [1.807, 2.05) is 19.4 Å². The van der Waals surface area contributed by atoms with Crippen molar-refractivity contribution in [3.63, 3.8) is 0 Å². The Morgan fingerprint density at radius 1 is 1.67 bits per heavy atom. The molecule has 0 aromatic carbocycles. The van der Waals surface area contributed by atoms with Crippen LogP contribution in [0, 0.1) is 6.92 Å². The Balaban J connectivity index is 2.30. The molecule has 0 bridgehead atoms. The first-order valence-electron chi connectivity index (χ1n) is 4.78. The number of methoxy groups -OCH3 is 1. The molecule has 15 heavy (non-hydrogen) atoms. The normalized spacial score (nSPS) is 10.7. The zero-order valence-electron chi connectivity index (χ0n) is 9.32. The van der Waals surface area contributed by atoms with Crippen LogP contribution in [0.2, 0.25) is 0 Å². The largest absolute Gasteiger partial charge is 0.469 e. The summed E-state index contributed by atoms with van der Waals surface area (Å²) < 4.78 is 4.58. The molecule has 0 saturated carbocycles. The molecule has 84 valence electrons. The monoisotopic (exact) mass is 228 g/mol. The fourth-order valence-corrected chi connectivity index (χ4v) is 2.02. The summed E-state index contributed by atoms with van der Waals surface area (Å²) >= 11 is 1.65. The van der Waals surface area contributed by atoms with E-state index in [4.69, 9.17) is 0 Å². The number of hydrogen-bond donors (Lipinski definition) is 0. The van der Waals surface area contributed by atoms with Crippen LogP contribution in [0.4, 0.5) is 0 Å². The van der Waals surface area contributed by atoms with E-state index >= 15 is 0 Å². The molecule has 0 aliphatic heterocycles. The predicted octanol–water partition coefficient (Wildman–Crippen LogP) is 1.45. The van der Waals surface area contributed by atoms with Gasteiger partial charge in [0, 0.05) is 17.6 Å². The number of thiazole rings is 1. The smallest absolute Gasteiger partial charge is 0.306 e. The van der Waals surface area contributed by atoms with Crippen LogP contribution < -0.4 is 0 Å². The lowest BCUT2D eigenvalue weighted by molar-refractivity contribution is -0.140. The Morgan fingerprint density at radius 3 is 2.93 bits per heavy atom. The number of aryl methyl sites for hydroxylation is 1. The van der Waals surface area contributed by atoms with Gasteiger partial charge in [-0.2, -0.15) is 0 Å². The van der Waals surface area contributed by atoms with Gasteiger partial charge in [-0.05, 0) is 14.0 Å².